The summed E-state index contributed by atoms with van der Waals surface area (Å²) in [6.07, 6.45) is 1.70. The Bertz CT molecular complexity index is 571. The van der Waals surface area contributed by atoms with Gasteiger partial charge in [-0.1, -0.05) is 0 Å². The molecule has 1 N–H and O–H groups in total. The summed E-state index contributed by atoms with van der Waals surface area (Å²) in [6, 6.07) is 5.02. The Labute approximate surface area is 110 Å². The number of ether oxygens (including phenoxy) is 1. The smallest absolute Gasteiger partial charge is 0.358 e. The van der Waals surface area contributed by atoms with Crippen molar-refractivity contribution >= 4 is 11.8 Å². The lowest BCUT2D eigenvalue weighted by Crippen LogP contribution is -2.08. The number of carbonyl (C=O) groups is 1. The summed E-state index contributed by atoms with van der Waals surface area (Å²) in [5.41, 5.74) is 1.03. The fourth-order valence-electron chi connectivity index (χ4n) is 1.42. The molecular formula is C12H13N5O2. The quantitative estimate of drug-likeness (QED) is 0.818. The molecule has 19 heavy (non-hydrogen) atoms. The van der Waals surface area contributed by atoms with Crippen molar-refractivity contribution in [2.45, 2.75) is 13.5 Å². The first-order valence-electron chi connectivity index (χ1n) is 5.63. The maximum absolute atomic E-state index is 11.2. The second kappa shape index (κ2) is 5.85. The van der Waals surface area contributed by atoms with E-state index in [1.807, 2.05) is 13.0 Å². The van der Waals surface area contributed by atoms with Gasteiger partial charge in [0.15, 0.2) is 5.69 Å². The molecular weight excluding hydrogens is 246 g/mol. The number of aryl methyl sites for hydroxylation is 1. The second-order valence-corrected chi connectivity index (χ2v) is 3.74. The standard InChI is InChI=1S/C12H13N5O2/c1-8-13-6-5-9(15-8)7-14-11-4-3-10(16-17-11)12(18)19-2/h3-6H,7H2,1-2H3,(H,14,17). The van der Waals surface area contributed by atoms with Gasteiger partial charge in [-0.3, -0.25) is 0 Å². The fraction of sp³-hybridized carbons (Fsp3) is 0.250. The molecule has 2 aromatic rings. The molecule has 0 bridgehead atoms. The van der Waals surface area contributed by atoms with Crippen molar-refractivity contribution < 1.29 is 9.53 Å². The summed E-state index contributed by atoms with van der Waals surface area (Å²) in [5.74, 6) is 0.765. The maximum atomic E-state index is 11.2. The molecule has 0 atom stereocenters. The van der Waals surface area contributed by atoms with Gasteiger partial charge in [0.1, 0.15) is 11.6 Å². The Kier molecular flexibility index (Phi) is 3.97. The third-order valence-corrected chi connectivity index (χ3v) is 2.34. The predicted octanol–water partition coefficient (Wildman–Crippen LogP) is 0.974. The number of esters is 1. The molecule has 0 saturated heterocycles. The van der Waals surface area contributed by atoms with Crippen molar-refractivity contribution in [1.29, 1.82) is 0 Å². The molecule has 0 unspecified atom stereocenters. The normalized spacial score (nSPS) is 10.0. The average Bonchev–Trinajstić information content (AvgIpc) is 2.45. The fourth-order valence-corrected chi connectivity index (χ4v) is 1.42. The highest BCUT2D eigenvalue weighted by molar-refractivity contribution is 5.86. The number of nitrogens with one attached hydrogen (secondary N) is 1. The van der Waals surface area contributed by atoms with Crippen LogP contribution in [0.25, 0.3) is 0 Å². The van der Waals surface area contributed by atoms with Crippen LogP contribution in [0.1, 0.15) is 22.0 Å². The van der Waals surface area contributed by atoms with Crippen LogP contribution in [-0.2, 0) is 11.3 Å². The Morgan fingerprint density at radius 1 is 1.32 bits per heavy atom. The van der Waals surface area contributed by atoms with Crippen molar-refractivity contribution in [2.75, 3.05) is 12.4 Å². The number of hydrogen-bond donors (Lipinski definition) is 1. The number of aromatic nitrogens is 4. The molecule has 2 rings (SSSR count). The van der Waals surface area contributed by atoms with Gasteiger partial charge in [-0.15, -0.1) is 10.2 Å². The SMILES string of the molecule is COC(=O)c1ccc(NCc2ccnc(C)n2)nn1. The van der Waals surface area contributed by atoms with E-state index in [1.165, 1.54) is 7.11 Å². The minimum atomic E-state index is -0.509. The monoisotopic (exact) mass is 259 g/mol. The van der Waals surface area contributed by atoms with Crippen LogP contribution in [0.15, 0.2) is 24.4 Å². The molecule has 0 spiro atoms. The minimum Gasteiger partial charge on any atom is -0.464 e. The van der Waals surface area contributed by atoms with Gasteiger partial charge in [-0.25, -0.2) is 14.8 Å². The van der Waals surface area contributed by atoms with Crippen LogP contribution >= 0.6 is 0 Å². The van der Waals surface area contributed by atoms with Crippen LogP contribution in [0.5, 0.6) is 0 Å². The number of anilines is 1. The average molecular weight is 259 g/mol. The van der Waals surface area contributed by atoms with Crippen LogP contribution in [-0.4, -0.2) is 33.2 Å². The number of carbonyl (C=O) groups excluding carboxylic acids is 1. The molecule has 7 heteroatoms. The van der Waals surface area contributed by atoms with E-state index < -0.39 is 5.97 Å². The van der Waals surface area contributed by atoms with Gasteiger partial charge in [-0.2, -0.15) is 0 Å². The largest absolute Gasteiger partial charge is 0.464 e. The summed E-state index contributed by atoms with van der Waals surface area (Å²) in [7, 11) is 1.30. The van der Waals surface area contributed by atoms with Crippen LogP contribution in [0.4, 0.5) is 5.82 Å². The first-order chi connectivity index (χ1) is 9.19. The number of methoxy groups -OCH3 is 1. The first kappa shape index (κ1) is 12.9. The van der Waals surface area contributed by atoms with Gasteiger partial charge < -0.3 is 10.1 Å². The summed E-state index contributed by atoms with van der Waals surface area (Å²) in [6.45, 7) is 2.34. The molecule has 0 fully saturated rings. The zero-order chi connectivity index (χ0) is 13.7. The van der Waals surface area contributed by atoms with Crippen LogP contribution in [0.3, 0.4) is 0 Å². The van der Waals surface area contributed by atoms with Crippen LogP contribution < -0.4 is 5.32 Å². The van der Waals surface area contributed by atoms with Gasteiger partial charge in [-0.05, 0) is 25.1 Å². The van der Waals surface area contributed by atoms with Crippen LogP contribution in [0.2, 0.25) is 0 Å². The Morgan fingerprint density at radius 2 is 2.16 bits per heavy atom. The predicted molar refractivity (Wildman–Crippen MR) is 67.5 cm³/mol. The first-order valence-corrected chi connectivity index (χ1v) is 5.63. The van der Waals surface area contributed by atoms with Gasteiger partial charge in [0.2, 0.25) is 0 Å². The maximum Gasteiger partial charge on any atom is 0.358 e. The summed E-state index contributed by atoms with van der Waals surface area (Å²) in [4.78, 5) is 19.4. The van der Waals surface area contributed by atoms with Crippen molar-refractivity contribution in [3.63, 3.8) is 0 Å². The molecule has 0 aromatic carbocycles. The highest BCUT2D eigenvalue weighted by Gasteiger charge is 2.07. The van der Waals surface area contributed by atoms with E-state index in [4.69, 9.17) is 0 Å². The molecule has 0 aliphatic heterocycles. The molecule has 2 heterocycles. The van der Waals surface area contributed by atoms with E-state index in [-0.39, 0.29) is 5.69 Å². The van der Waals surface area contributed by atoms with Crippen LogP contribution in [0, 0.1) is 6.92 Å². The Hall–Kier alpha value is -2.57. The molecule has 98 valence electrons. The Balaban J connectivity index is 1.98. The molecule has 0 aliphatic rings. The Morgan fingerprint density at radius 3 is 2.79 bits per heavy atom. The third-order valence-electron chi connectivity index (χ3n) is 2.34. The minimum absolute atomic E-state index is 0.172. The van der Waals surface area contributed by atoms with E-state index in [0.29, 0.717) is 18.2 Å². The van der Waals surface area contributed by atoms with E-state index in [1.54, 1.807) is 18.3 Å². The van der Waals surface area contributed by atoms with E-state index >= 15 is 0 Å². The van der Waals surface area contributed by atoms with Gasteiger partial charge >= 0.3 is 5.97 Å². The number of rotatable bonds is 4. The molecule has 7 nitrogen and oxygen atoms in total. The molecule has 0 radical (unpaired) electrons. The second-order valence-electron chi connectivity index (χ2n) is 3.74. The number of nitrogens with zero attached hydrogens (tertiary/aromatic N) is 4. The van der Waals surface area contributed by atoms with E-state index in [9.17, 15) is 4.79 Å². The number of hydrogen-bond acceptors (Lipinski definition) is 7. The summed E-state index contributed by atoms with van der Waals surface area (Å²) >= 11 is 0. The summed E-state index contributed by atoms with van der Waals surface area (Å²) < 4.78 is 4.54. The van der Waals surface area contributed by atoms with Crippen molar-refractivity contribution in [1.82, 2.24) is 20.2 Å². The highest BCUT2D eigenvalue weighted by atomic mass is 16.5. The zero-order valence-corrected chi connectivity index (χ0v) is 10.6. The molecule has 0 amide bonds. The lowest BCUT2D eigenvalue weighted by atomic mass is 10.3. The van der Waals surface area contributed by atoms with Gasteiger partial charge in [0.05, 0.1) is 19.3 Å². The van der Waals surface area contributed by atoms with Crippen molar-refractivity contribution in [3.05, 3.63) is 41.6 Å². The topological polar surface area (TPSA) is 89.9 Å². The van der Waals surface area contributed by atoms with Gasteiger partial charge in [0, 0.05) is 6.20 Å². The lowest BCUT2D eigenvalue weighted by Gasteiger charge is -2.05. The molecule has 0 saturated carbocycles. The molecule has 2 aromatic heterocycles. The van der Waals surface area contributed by atoms with E-state index in [2.05, 4.69) is 30.2 Å². The summed E-state index contributed by atoms with van der Waals surface area (Å²) in [5, 5.41) is 10.7. The van der Waals surface area contributed by atoms with Crippen molar-refractivity contribution in [3.8, 4) is 0 Å². The third kappa shape index (κ3) is 3.44. The lowest BCUT2D eigenvalue weighted by molar-refractivity contribution is 0.0593. The molecule has 0 aliphatic carbocycles. The van der Waals surface area contributed by atoms with E-state index in [0.717, 1.165) is 5.69 Å². The van der Waals surface area contributed by atoms with Gasteiger partial charge in [0.25, 0.3) is 0 Å². The highest BCUT2D eigenvalue weighted by Crippen LogP contribution is 2.05. The van der Waals surface area contributed by atoms with Crippen molar-refractivity contribution in [2.24, 2.45) is 0 Å². The zero-order valence-electron chi connectivity index (χ0n) is 10.6.